The SMILES string of the molecule is c1ccc(-c2cc(-c3ccc4c(c3)OCO4)cc3ccccc23)cc1. The second-order valence-corrected chi connectivity index (χ2v) is 6.18. The lowest BCUT2D eigenvalue weighted by Gasteiger charge is -2.11. The molecule has 0 unspecified atom stereocenters. The summed E-state index contributed by atoms with van der Waals surface area (Å²) in [5.74, 6) is 1.62. The van der Waals surface area contributed by atoms with E-state index in [1.165, 1.54) is 27.5 Å². The highest BCUT2D eigenvalue weighted by molar-refractivity contribution is 6.00. The Kier molecular flexibility index (Phi) is 3.20. The van der Waals surface area contributed by atoms with Gasteiger partial charge in [0.15, 0.2) is 11.5 Å². The maximum Gasteiger partial charge on any atom is 0.231 e. The van der Waals surface area contributed by atoms with Crippen molar-refractivity contribution in [3.63, 3.8) is 0 Å². The second kappa shape index (κ2) is 5.67. The Bertz CT molecular complexity index is 1070. The molecular weight excluding hydrogens is 308 g/mol. The van der Waals surface area contributed by atoms with Gasteiger partial charge in [0.2, 0.25) is 6.79 Å². The molecule has 2 nitrogen and oxygen atoms in total. The van der Waals surface area contributed by atoms with Gasteiger partial charge in [-0.05, 0) is 57.3 Å². The van der Waals surface area contributed by atoms with Crippen LogP contribution in [0.2, 0.25) is 0 Å². The summed E-state index contributed by atoms with van der Waals surface area (Å²) in [5, 5.41) is 2.50. The minimum Gasteiger partial charge on any atom is -0.454 e. The summed E-state index contributed by atoms with van der Waals surface area (Å²) in [7, 11) is 0. The number of hydrogen-bond acceptors (Lipinski definition) is 2. The Hall–Kier alpha value is -3.26. The van der Waals surface area contributed by atoms with Crippen molar-refractivity contribution >= 4 is 10.8 Å². The van der Waals surface area contributed by atoms with E-state index in [1.807, 2.05) is 12.1 Å². The molecule has 120 valence electrons. The lowest BCUT2D eigenvalue weighted by atomic mass is 9.93. The summed E-state index contributed by atoms with van der Waals surface area (Å²) in [6, 6.07) is 29.7. The number of hydrogen-bond donors (Lipinski definition) is 0. The molecule has 4 aromatic carbocycles. The molecule has 0 fully saturated rings. The maximum atomic E-state index is 5.54. The van der Waals surface area contributed by atoms with Gasteiger partial charge in [0.25, 0.3) is 0 Å². The van der Waals surface area contributed by atoms with Crippen LogP contribution in [0.4, 0.5) is 0 Å². The molecule has 1 heterocycles. The number of fused-ring (bicyclic) bond motifs is 2. The Morgan fingerprint density at radius 2 is 1.36 bits per heavy atom. The third-order valence-corrected chi connectivity index (χ3v) is 4.65. The molecule has 0 N–H and O–H groups in total. The molecule has 0 aliphatic carbocycles. The van der Waals surface area contributed by atoms with Gasteiger partial charge in [0, 0.05) is 0 Å². The van der Waals surface area contributed by atoms with Crippen LogP contribution in [-0.2, 0) is 0 Å². The molecule has 0 amide bonds. The standard InChI is InChI=1S/C23H16O2/c1-2-6-16(7-3-1)21-13-19(12-18-8-4-5-9-20(18)21)17-10-11-22-23(14-17)25-15-24-22/h1-14H,15H2. The summed E-state index contributed by atoms with van der Waals surface area (Å²) in [6.07, 6.45) is 0. The largest absolute Gasteiger partial charge is 0.454 e. The third kappa shape index (κ3) is 2.43. The molecule has 1 aliphatic rings. The predicted molar refractivity (Wildman–Crippen MR) is 101 cm³/mol. The molecule has 5 rings (SSSR count). The van der Waals surface area contributed by atoms with E-state index in [4.69, 9.17) is 9.47 Å². The van der Waals surface area contributed by atoms with Crippen LogP contribution in [0.1, 0.15) is 0 Å². The van der Waals surface area contributed by atoms with Gasteiger partial charge in [-0.1, -0.05) is 60.7 Å². The zero-order chi connectivity index (χ0) is 16.6. The van der Waals surface area contributed by atoms with E-state index in [-0.39, 0.29) is 0 Å². The average molecular weight is 324 g/mol. The number of benzene rings is 4. The molecule has 0 spiro atoms. The van der Waals surface area contributed by atoms with Crippen LogP contribution in [0.15, 0.2) is 84.9 Å². The fourth-order valence-electron chi connectivity index (χ4n) is 3.41. The normalized spacial score (nSPS) is 12.5. The summed E-state index contributed by atoms with van der Waals surface area (Å²) >= 11 is 0. The van der Waals surface area contributed by atoms with Crippen molar-refractivity contribution in [2.75, 3.05) is 6.79 Å². The van der Waals surface area contributed by atoms with E-state index in [0.29, 0.717) is 6.79 Å². The zero-order valence-corrected chi connectivity index (χ0v) is 13.6. The quantitative estimate of drug-likeness (QED) is 0.457. The van der Waals surface area contributed by atoms with Crippen molar-refractivity contribution < 1.29 is 9.47 Å². The van der Waals surface area contributed by atoms with Crippen LogP contribution in [-0.4, -0.2) is 6.79 Å². The van der Waals surface area contributed by atoms with Crippen molar-refractivity contribution in [1.82, 2.24) is 0 Å². The van der Waals surface area contributed by atoms with Crippen LogP contribution in [0, 0.1) is 0 Å². The Morgan fingerprint density at radius 1 is 0.560 bits per heavy atom. The molecular formula is C23H16O2. The van der Waals surface area contributed by atoms with Crippen molar-refractivity contribution in [3.8, 4) is 33.8 Å². The van der Waals surface area contributed by atoms with Crippen molar-refractivity contribution in [2.45, 2.75) is 0 Å². The first-order valence-corrected chi connectivity index (χ1v) is 8.37. The van der Waals surface area contributed by atoms with Crippen LogP contribution in [0.5, 0.6) is 11.5 Å². The Labute approximate surface area is 146 Å². The van der Waals surface area contributed by atoms with E-state index in [2.05, 4.69) is 72.8 Å². The molecule has 0 atom stereocenters. The van der Waals surface area contributed by atoms with Gasteiger partial charge in [0.05, 0.1) is 0 Å². The summed E-state index contributed by atoms with van der Waals surface area (Å²) in [4.78, 5) is 0. The van der Waals surface area contributed by atoms with Crippen molar-refractivity contribution in [3.05, 3.63) is 84.9 Å². The highest BCUT2D eigenvalue weighted by atomic mass is 16.7. The van der Waals surface area contributed by atoms with Gasteiger partial charge < -0.3 is 9.47 Å². The molecule has 25 heavy (non-hydrogen) atoms. The molecule has 0 aromatic heterocycles. The highest BCUT2D eigenvalue weighted by Crippen LogP contribution is 2.39. The first-order valence-electron chi connectivity index (χ1n) is 8.37. The average Bonchev–Trinajstić information content (AvgIpc) is 3.15. The fourth-order valence-corrected chi connectivity index (χ4v) is 3.41. The van der Waals surface area contributed by atoms with Gasteiger partial charge in [-0.2, -0.15) is 0 Å². The van der Waals surface area contributed by atoms with E-state index < -0.39 is 0 Å². The lowest BCUT2D eigenvalue weighted by molar-refractivity contribution is 0.174. The van der Waals surface area contributed by atoms with E-state index in [1.54, 1.807) is 0 Å². The maximum absolute atomic E-state index is 5.54. The van der Waals surface area contributed by atoms with Gasteiger partial charge in [-0.3, -0.25) is 0 Å². The first-order chi connectivity index (χ1) is 12.4. The van der Waals surface area contributed by atoms with Crippen LogP contribution >= 0.6 is 0 Å². The van der Waals surface area contributed by atoms with Crippen LogP contribution in [0.3, 0.4) is 0 Å². The number of ether oxygens (including phenoxy) is 2. The molecule has 0 saturated heterocycles. The summed E-state index contributed by atoms with van der Waals surface area (Å²) in [6.45, 7) is 0.297. The van der Waals surface area contributed by atoms with Crippen LogP contribution in [0.25, 0.3) is 33.0 Å². The first kappa shape index (κ1) is 14.1. The minimum atomic E-state index is 0.297. The van der Waals surface area contributed by atoms with Gasteiger partial charge in [-0.25, -0.2) is 0 Å². The van der Waals surface area contributed by atoms with Crippen LogP contribution < -0.4 is 9.47 Å². The molecule has 1 aliphatic heterocycles. The van der Waals surface area contributed by atoms with Gasteiger partial charge in [0.1, 0.15) is 0 Å². The lowest BCUT2D eigenvalue weighted by Crippen LogP contribution is -1.92. The molecule has 4 aromatic rings. The zero-order valence-electron chi connectivity index (χ0n) is 13.6. The predicted octanol–water partition coefficient (Wildman–Crippen LogP) is 5.90. The van der Waals surface area contributed by atoms with Gasteiger partial charge in [-0.15, -0.1) is 0 Å². The molecule has 0 saturated carbocycles. The fraction of sp³-hybridized carbons (Fsp3) is 0.0435. The minimum absolute atomic E-state index is 0.297. The Balaban J connectivity index is 1.74. The summed E-state index contributed by atoms with van der Waals surface area (Å²) < 4.78 is 11.0. The van der Waals surface area contributed by atoms with E-state index >= 15 is 0 Å². The van der Waals surface area contributed by atoms with E-state index in [9.17, 15) is 0 Å². The topological polar surface area (TPSA) is 18.5 Å². The second-order valence-electron chi connectivity index (χ2n) is 6.18. The van der Waals surface area contributed by atoms with Gasteiger partial charge >= 0.3 is 0 Å². The van der Waals surface area contributed by atoms with Crippen molar-refractivity contribution in [1.29, 1.82) is 0 Å². The summed E-state index contributed by atoms with van der Waals surface area (Å²) in [5.41, 5.74) is 4.77. The Morgan fingerprint density at radius 3 is 2.28 bits per heavy atom. The molecule has 0 bridgehead atoms. The van der Waals surface area contributed by atoms with E-state index in [0.717, 1.165) is 17.1 Å². The number of rotatable bonds is 2. The monoisotopic (exact) mass is 324 g/mol. The molecule has 2 heteroatoms. The highest BCUT2D eigenvalue weighted by Gasteiger charge is 2.15. The smallest absolute Gasteiger partial charge is 0.231 e. The van der Waals surface area contributed by atoms with Crippen molar-refractivity contribution in [2.24, 2.45) is 0 Å². The third-order valence-electron chi connectivity index (χ3n) is 4.65. The molecule has 0 radical (unpaired) electrons.